The van der Waals surface area contributed by atoms with Gasteiger partial charge in [0.2, 0.25) is 6.33 Å². The molecule has 1 aromatic heterocycles. The fourth-order valence-electron chi connectivity index (χ4n) is 1.10. The fourth-order valence-corrected chi connectivity index (χ4v) is 1.58. The molecule has 1 aromatic carbocycles. The molecule has 0 amide bonds. The van der Waals surface area contributed by atoms with E-state index in [1.54, 1.807) is 23.1 Å². The van der Waals surface area contributed by atoms with Crippen LogP contribution in [0, 0.1) is 6.92 Å². The molecule has 8 heteroatoms. The summed E-state index contributed by atoms with van der Waals surface area (Å²) in [4.78, 5) is -0.0666. The minimum absolute atomic E-state index is 0.0666. The van der Waals surface area contributed by atoms with Crippen molar-refractivity contribution in [1.29, 1.82) is 0 Å². The Labute approximate surface area is 105 Å². The predicted molar refractivity (Wildman–Crippen MR) is 64.5 cm³/mol. The molecule has 0 radical (unpaired) electrons. The van der Waals surface area contributed by atoms with Gasteiger partial charge in [-0.2, -0.15) is 8.42 Å². The second kappa shape index (κ2) is 5.61. The van der Waals surface area contributed by atoms with E-state index in [0.717, 1.165) is 5.56 Å². The lowest BCUT2D eigenvalue weighted by molar-refractivity contribution is -0.639. The van der Waals surface area contributed by atoms with Crippen LogP contribution in [0.15, 0.2) is 41.8 Å². The minimum atomic E-state index is -4.02. The summed E-state index contributed by atoms with van der Waals surface area (Å²) in [6, 6.07) is 5.99. The summed E-state index contributed by atoms with van der Waals surface area (Å²) in [5.74, 6) is 5.21. The van der Waals surface area contributed by atoms with E-state index < -0.39 is 10.1 Å². The Morgan fingerprint density at radius 3 is 2.17 bits per heavy atom. The number of hydrogen-bond acceptors (Lipinski definition) is 4. The third-order valence-electron chi connectivity index (χ3n) is 1.99. The summed E-state index contributed by atoms with van der Waals surface area (Å²) in [5.41, 5.74) is 0.956. The van der Waals surface area contributed by atoms with E-state index in [0.29, 0.717) is 0 Å². The van der Waals surface area contributed by atoms with Crippen molar-refractivity contribution in [3.8, 4) is 0 Å². The molecule has 7 nitrogen and oxygen atoms in total. The topological polar surface area (TPSA) is 102 Å². The lowest BCUT2D eigenvalue weighted by atomic mass is 10.2. The van der Waals surface area contributed by atoms with Gasteiger partial charge in [0, 0.05) is 5.10 Å². The molecule has 0 unspecified atom stereocenters. The van der Waals surface area contributed by atoms with Crippen molar-refractivity contribution in [3.05, 3.63) is 42.5 Å². The van der Waals surface area contributed by atoms with Crippen molar-refractivity contribution in [2.75, 3.05) is 5.84 Å². The first-order chi connectivity index (χ1) is 8.29. The molecule has 3 N–H and O–H groups in total. The van der Waals surface area contributed by atoms with Gasteiger partial charge in [0.05, 0.1) is 11.9 Å². The quantitative estimate of drug-likeness (QED) is 0.420. The Balaban J connectivity index is 0.000000199. The average Bonchev–Trinajstić information content (AvgIpc) is 2.62. The summed E-state index contributed by atoms with van der Waals surface area (Å²) in [5, 5.41) is 3.77. The van der Waals surface area contributed by atoms with Crippen molar-refractivity contribution >= 4 is 10.1 Å². The first-order valence-corrected chi connectivity index (χ1v) is 6.42. The maximum Gasteiger partial charge on any atom is 0.294 e. The molecule has 0 saturated heterocycles. The summed E-state index contributed by atoms with van der Waals surface area (Å²) in [6.45, 7) is 1.84. The van der Waals surface area contributed by atoms with E-state index in [2.05, 4.69) is 5.10 Å². The van der Waals surface area contributed by atoms with Gasteiger partial charge in [-0.3, -0.25) is 10.4 Å². The second-order valence-corrected chi connectivity index (χ2v) is 5.08. The van der Waals surface area contributed by atoms with Crippen molar-refractivity contribution in [2.24, 2.45) is 7.05 Å². The van der Waals surface area contributed by atoms with Gasteiger partial charge in [-0.05, 0) is 19.1 Å². The molecular weight excluding hydrogens is 256 g/mol. The number of hydrogen-bond donors (Lipinski definition) is 2. The van der Waals surface area contributed by atoms with Gasteiger partial charge in [0.1, 0.15) is 0 Å². The van der Waals surface area contributed by atoms with Gasteiger partial charge in [-0.1, -0.05) is 17.7 Å². The van der Waals surface area contributed by atoms with E-state index in [9.17, 15) is 8.42 Å². The highest BCUT2D eigenvalue weighted by Gasteiger charge is 2.06. The zero-order chi connectivity index (χ0) is 13.8. The maximum absolute atomic E-state index is 10.5. The second-order valence-electron chi connectivity index (χ2n) is 3.66. The molecule has 2 aromatic rings. The SMILES string of the molecule is Cc1ccc(S(=O)(=O)O)cc1.Cn1c[n+](N)cn1. The van der Waals surface area contributed by atoms with Crippen molar-refractivity contribution < 1.29 is 17.6 Å². The molecule has 0 spiro atoms. The number of nitrogen functional groups attached to an aromatic ring is 1. The molecule has 1 heterocycles. The Hall–Kier alpha value is -1.93. The van der Waals surface area contributed by atoms with Gasteiger partial charge >= 0.3 is 0 Å². The fraction of sp³-hybridized carbons (Fsp3) is 0.200. The first-order valence-electron chi connectivity index (χ1n) is 4.98. The lowest BCUT2D eigenvalue weighted by Crippen LogP contribution is -2.41. The van der Waals surface area contributed by atoms with E-state index in [1.165, 1.54) is 23.1 Å². The van der Waals surface area contributed by atoms with Crippen LogP contribution in [0.3, 0.4) is 0 Å². The van der Waals surface area contributed by atoms with Crippen LogP contribution in [-0.4, -0.2) is 22.8 Å². The van der Waals surface area contributed by atoms with Crippen LogP contribution in [-0.2, 0) is 17.2 Å². The van der Waals surface area contributed by atoms with Gasteiger partial charge in [-0.25, -0.2) is 0 Å². The van der Waals surface area contributed by atoms with Gasteiger partial charge in [-0.15, -0.1) is 9.36 Å². The molecule has 0 atom stereocenters. The smallest absolute Gasteiger partial charge is 0.289 e. The molecule has 0 aliphatic carbocycles. The van der Waals surface area contributed by atoms with E-state index in [-0.39, 0.29) is 4.90 Å². The maximum atomic E-state index is 10.5. The van der Waals surface area contributed by atoms with Crippen LogP contribution in [0.5, 0.6) is 0 Å². The summed E-state index contributed by atoms with van der Waals surface area (Å²) < 4.78 is 32.6. The largest absolute Gasteiger partial charge is 0.294 e. The summed E-state index contributed by atoms with van der Waals surface area (Å²) in [7, 11) is -2.21. The Kier molecular flexibility index (Phi) is 4.40. The zero-order valence-corrected chi connectivity index (χ0v) is 10.9. The predicted octanol–water partition coefficient (Wildman–Crippen LogP) is -0.337. The van der Waals surface area contributed by atoms with Gasteiger partial charge in [0.15, 0.2) is 0 Å². The number of aryl methyl sites for hydroxylation is 2. The lowest BCUT2D eigenvalue weighted by Gasteiger charge is -1.95. The molecule has 0 aliphatic rings. The standard InChI is InChI=1S/C7H8O3S.C3H7N4/c1-6-2-4-7(5-3-6)11(8,9)10;1-6-3-7(4)2-5-6/h2-5H,1H3,(H,8,9,10);2-3H,4H2,1H3/q;+1. The molecule has 18 heavy (non-hydrogen) atoms. The highest BCUT2D eigenvalue weighted by atomic mass is 32.2. The van der Waals surface area contributed by atoms with Crippen LogP contribution in [0.25, 0.3) is 0 Å². The molecule has 0 fully saturated rings. The van der Waals surface area contributed by atoms with Crippen LogP contribution in [0.4, 0.5) is 0 Å². The van der Waals surface area contributed by atoms with Crippen molar-refractivity contribution in [1.82, 2.24) is 9.78 Å². The molecule has 0 bridgehead atoms. The molecule has 2 rings (SSSR count). The molecular formula is C10H15N4O3S+. The van der Waals surface area contributed by atoms with E-state index in [1.807, 2.05) is 14.0 Å². The minimum Gasteiger partial charge on any atom is -0.289 e. The molecule has 0 aliphatic heterocycles. The number of aromatic nitrogens is 3. The van der Waals surface area contributed by atoms with Gasteiger partial charge in [0.25, 0.3) is 16.4 Å². The highest BCUT2D eigenvalue weighted by molar-refractivity contribution is 7.85. The number of benzene rings is 1. The molecule has 0 saturated carbocycles. The van der Waals surface area contributed by atoms with Crippen LogP contribution in [0.2, 0.25) is 0 Å². The first kappa shape index (κ1) is 14.1. The molecule has 98 valence electrons. The summed E-state index contributed by atoms with van der Waals surface area (Å²) >= 11 is 0. The van der Waals surface area contributed by atoms with Crippen LogP contribution in [0.1, 0.15) is 5.56 Å². The number of rotatable bonds is 1. The van der Waals surface area contributed by atoms with E-state index in [4.69, 9.17) is 10.4 Å². The Bertz CT molecular complexity index is 588. The number of nitrogens with zero attached hydrogens (tertiary/aromatic N) is 3. The van der Waals surface area contributed by atoms with Crippen LogP contribution >= 0.6 is 0 Å². The summed E-state index contributed by atoms with van der Waals surface area (Å²) in [6.07, 6.45) is 3.19. The van der Waals surface area contributed by atoms with Gasteiger partial charge < -0.3 is 0 Å². The third kappa shape index (κ3) is 4.52. The van der Waals surface area contributed by atoms with Crippen molar-refractivity contribution in [2.45, 2.75) is 11.8 Å². The highest BCUT2D eigenvalue weighted by Crippen LogP contribution is 2.08. The van der Waals surface area contributed by atoms with Crippen LogP contribution < -0.4 is 10.5 Å². The third-order valence-corrected chi connectivity index (χ3v) is 2.85. The monoisotopic (exact) mass is 271 g/mol. The normalized spacial score (nSPS) is 10.6. The average molecular weight is 271 g/mol. The zero-order valence-electron chi connectivity index (χ0n) is 10.1. The Morgan fingerprint density at radius 2 is 1.89 bits per heavy atom. The van der Waals surface area contributed by atoms with Crippen molar-refractivity contribution in [3.63, 3.8) is 0 Å². The number of nitrogens with two attached hydrogens (primary N) is 1. The Morgan fingerprint density at radius 1 is 1.33 bits per heavy atom. The van der Waals surface area contributed by atoms with E-state index >= 15 is 0 Å².